The van der Waals surface area contributed by atoms with Crippen molar-refractivity contribution in [2.45, 2.75) is 110 Å². The minimum absolute atomic E-state index is 0.0369. The molecule has 0 aliphatic heterocycles. The lowest BCUT2D eigenvalue weighted by atomic mass is 10.1. The largest absolute Gasteiger partial charge is 0.494 e. The van der Waals surface area contributed by atoms with Gasteiger partial charge in [-0.15, -0.1) is 0 Å². The molecule has 0 aliphatic carbocycles. The van der Waals surface area contributed by atoms with Gasteiger partial charge >= 0.3 is 17.9 Å². The Morgan fingerprint density at radius 2 is 1.11 bits per heavy atom. The summed E-state index contributed by atoms with van der Waals surface area (Å²) in [6, 6.07) is 16.1. The average molecular weight is 649 g/mol. The Hall–Kier alpha value is -4.20. The highest BCUT2D eigenvalue weighted by atomic mass is 19.1. The maximum atomic E-state index is 14.7. The lowest BCUT2D eigenvalue weighted by molar-refractivity contribution is 0.0318. The van der Waals surface area contributed by atoms with Crippen LogP contribution in [0.15, 0.2) is 66.7 Å². The first-order chi connectivity index (χ1) is 22.8. The number of ether oxygens (including phenoxy) is 4. The fourth-order valence-electron chi connectivity index (χ4n) is 4.98. The zero-order valence-corrected chi connectivity index (χ0v) is 28.1. The summed E-state index contributed by atoms with van der Waals surface area (Å²) in [6.45, 7) is 6.80. The highest BCUT2D eigenvalue weighted by Crippen LogP contribution is 2.23. The first kappa shape index (κ1) is 37.3. The first-order valence-electron chi connectivity index (χ1n) is 17.1. The molecule has 1 unspecified atom stereocenters. The van der Waals surface area contributed by atoms with Gasteiger partial charge in [0.2, 0.25) is 0 Å². The van der Waals surface area contributed by atoms with Crippen molar-refractivity contribution in [2.24, 2.45) is 0 Å². The minimum Gasteiger partial charge on any atom is -0.494 e. The molecule has 0 saturated heterocycles. The van der Waals surface area contributed by atoms with E-state index >= 15 is 0 Å². The maximum absolute atomic E-state index is 14.7. The Morgan fingerprint density at radius 3 is 1.70 bits per heavy atom. The second-order valence-electron chi connectivity index (χ2n) is 11.9. The molecule has 0 aromatic heterocycles. The molecule has 47 heavy (non-hydrogen) atoms. The number of benzene rings is 3. The Morgan fingerprint density at radius 1 is 0.596 bits per heavy atom. The Labute approximate surface area is 278 Å². The van der Waals surface area contributed by atoms with Crippen LogP contribution in [0.1, 0.15) is 135 Å². The van der Waals surface area contributed by atoms with Crippen molar-refractivity contribution in [3.05, 3.63) is 89.2 Å². The van der Waals surface area contributed by atoms with E-state index in [9.17, 15) is 18.8 Å². The van der Waals surface area contributed by atoms with E-state index in [-0.39, 0.29) is 28.7 Å². The average Bonchev–Trinajstić information content (AvgIpc) is 3.07. The fraction of sp³-hybridized carbons (Fsp3) is 0.462. The molecule has 0 amide bonds. The molecule has 0 N–H and O–H groups in total. The molecular formula is C39H49FO7. The van der Waals surface area contributed by atoms with Gasteiger partial charge in [-0.2, -0.15) is 0 Å². The summed E-state index contributed by atoms with van der Waals surface area (Å²) < 4.78 is 36.6. The maximum Gasteiger partial charge on any atom is 0.343 e. The van der Waals surface area contributed by atoms with Crippen molar-refractivity contribution in [1.82, 2.24) is 0 Å². The number of carbonyl (C=O) groups is 3. The number of esters is 3. The first-order valence-corrected chi connectivity index (χ1v) is 17.1. The molecule has 0 radical (unpaired) electrons. The summed E-state index contributed by atoms with van der Waals surface area (Å²) in [4.78, 5) is 37.7. The Kier molecular flexibility index (Phi) is 16.5. The van der Waals surface area contributed by atoms with Gasteiger partial charge < -0.3 is 18.9 Å². The van der Waals surface area contributed by atoms with Gasteiger partial charge in [0.05, 0.1) is 29.4 Å². The molecule has 3 aromatic rings. The Balaban J connectivity index is 1.42. The molecule has 0 heterocycles. The van der Waals surface area contributed by atoms with Gasteiger partial charge in [0.1, 0.15) is 11.5 Å². The third-order valence-electron chi connectivity index (χ3n) is 7.80. The summed E-state index contributed by atoms with van der Waals surface area (Å²) in [5.41, 5.74) is 0.523. The van der Waals surface area contributed by atoms with Crippen molar-refractivity contribution in [3.63, 3.8) is 0 Å². The molecular weight excluding hydrogens is 599 g/mol. The second kappa shape index (κ2) is 20.8. The van der Waals surface area contributed by atoms with E-state index in [1.165, 1.54) is 74.9 Å². The minimum atomic E-state index is -0.862. The summed E-state index contributed by atoms with van der Waals surface area (Å²) in [5, 5.41) is 0. The number of carbonyl (C=O) groups excluding carboxylic acids is 3. The van der Waals surface area contributed by atoms with Gasteiger partial charge in [-0.05, 0) is 92.9 Å². The second-order valence-corrected chi connectivity index (χ2v) is 11.9. The number of hydrogen-bond donors (Lipinski definition) is 0. The van der Waals surface area contributed by atoms with Crippen LogP contribution in [0, 0.1) is 5.82 Å². The summed E-state index contributed by atoms with van der Waals surface area (Å²) in [7, 11) is 0. The summed E-state index contributed by atoms with van der Waals surface area (Å²) >= 11 is 0. The third-order valence-corrected chi connectivity index (χ3v) is 7.80. The Bertz CT molecular complexity index is 1390. The van der Waals surface area contributed by atoms with Gasteiger partial charge in [0.25, 0.3) is 0 Å². The quantitative estimate of drug-likeness (QED) is 0.0645. The van der Waals surface area contributed by atoms with Crippen LogP contribution in [-0.4, -0.2) is 30.6 Å². The van der Waals surface area contributed by atoms with Gasteiger partial charge in [0, 0.05) is 0 Å². The number of rotatable bonds is 21. The van der Waals surface area contributed by atoms with Crippen molar-refractivity contribution < 1.29 is 37.7 Å². The van der Waals surface area contributed by atoms with E-state index < -0.39 is 23.7 Å². The van der Waals surface area contributed by atoms with E-state index in [0.29, 0.717) is 17.9 Å². The molecule has 3 aromatic carbocycles. The standard InChI is InChI=1S/C39H49FO7/c1-4-6-8-10-11-12-13-15-27-44-33-22-17-30(18-23-33)37(41)46-34-24-19-31(20-25-34)38(42)47-36-26-21-32(28-35(36)40)39(43)45-29(3)16-14-9-7-5-2/h17-26,28-29H,4-16,27H2,1-3H3. The SMILES string of the molecule is CCCCCCCCCCOc1ccc(C(=O)Oc2ccc(C(=O)Oc3ccc(C(=O)OC(C)CCCCCC)cc3F)cc2)cc1. The molecule has 0 saturated carbocycles. The highest BCUT2D eigenvalue weighted by Gasteiger charge is 2.18. The number of unbranched alkanes of at least 4 members (excludes halogenated alkanes) is 10. The van der Waals surface area contributed by atoms with Gasteiger partial charge in [-0.3, -0.25) is 0 Å². The monoisotopic (exact) mass is 648 g/mol. The predicted octanol–water partition coefficient (Wildman–Crippen LogP) is 10.3. The third kappa shape index (κ3) is 13.6. The van der Waals surface area contributed by atoms with Crippen LogP contribution < -0.4 is 14.2 Å². The molecule has 8 heteroatoms. The number of hydrogen-bond acceptors (Lipinski definition) is 7. The van der Waals surface area contributed by atoms with Gasteiger partial charge in [-0.1, -0.05) is 78.1 Å². The molecule has 7 nitrogen and oxygen atoms in total. The van der Waals surface area contributed by atoms with E-state index in [2.05, 4.69) is 13.8 Å². The lowest BCUT2D eigenvalue weighted by Gasteiger charge is -2.13. The van der Waals surface area contributed by atoms with Crippen molar-refractivity contribution in [3.8, 4) is 17.2 Å². The van der Waals surface area contributed by atoms with Crippen LogP contribution in [0.4, 0.5) is 4.39 Å². The molecule has 3 rings (SSSR count). The van der Waals surface area contributed by atoms with E-state index in [1.54, 1.807) is 24.3 Å². The summed E-state index contributed by atoms with van der Waals surface area (Å²) in [6.07, 6.45) is 14.6. The van der Waals surface area contributed by atoms with Crippen LogP contribution in [0.2, 0.25) is 0 Å². The van der Waals surface area contributed by atoms with Crippen LogP contribution in [-0.2, 0) is 4.74 Å². The van der Waals surface area contributed by atoms with Gasteiger partial charge in [-0.25, -0.2) is 18.8 Å². The summed E-state index contributed by atoms with van der Waals surface area (Å²) in [5.74, 6) is -2.25. The molecule has 0 bridgehead atoms. The lowest BCUT2D eigenvalue weighted by Crippen LogP contribution is -2.15. The van der Waals surface area contributed by atoms with E-state index in [1.807, 2.05) is 6.92 Å². The zero-order chi connectivity index (χ0) is 33.9. The van der Waals surface area contributed by atoms with Crippen molar-refractivity contribution in [1.29, 1.82) is 0 Å². The predicted molar refractivity (Wildman–Crippen MR) is 181 cm³/mol. The van der Waals surface area contributed by atoms with Crippen LogP contribution >= 0.6 is 0 Å². The van der Waals surface area contributed by atoms with Crippen LogP contribution in [0.5, 0.6) is 17.2 Å². The number of halogens is 1. The highest BCUT2D eigenvalue weighted by molar-refractivity contribution is 5.93. The molecule has 1 atom stereocenters. The fourth-order valence-corrected chi connectivity index (χ4v) is 4.98. The van der Waals surface area contributed by atoms with Crippen molar-refractivity contribution >= 4 is 17.9 Å². The normalized spacial score (nSPS) is 11.5. The van der Waals surface area contributed by atoms with E-state index in [0.717, 1.165) is 51.0 Å². The molecule has 0 spiro atoms. The van der Waals surface area contributed by atoms with Crippen LogP contribution in [0.3, 0.4) is 0 Å². The van der Waals surface area contributed by atoms with Crippen LogP contribution in [0.25, 0.3) is 0 Å². The smallest absolute Gasteiger partial charge is 0.343 e. The molecule has 254 valence electrons. The topological polar surface area (TPSA) is 88.1 Å². The van der Waals surface area contributed by atoms with E-state index in [4.69, 9.17) is 18.9 Å². The molecule has 0 aliphatic rings. The van der Waals surface area contributed by atoms with Gasteiger partial charge in [0.15, 0.2) is 11.6 Å². The molecule has 0 fully saturated rings. The zero-order valence-electron chi connectivity index (χ0n) is 28.1. The van der Waals surface area contributed by atoms with Crippen molar-refractivity contribution in [2.75, 3.05) is 6.61 Å².